The van der Waals surface area contributed by atoms with Gasteiger partial charge in [-0.05, 0) is 29.7 Å². The molecule has 0 fully saturated rings. The molecule has 4 heteroatoms. The fourth-order valence-electron chi connectivity index (χ4n) is 1.82. The monoisotopic (exact) mass is 275 g/mol. The molecule has 2 aromatic rings. The van der Waals surface area contributed by atoms with E-state index < -0.39 is 10.0 Å². The first-order valence-electron chi connectivity index (χ1n) is 6.22. The van der Waals surface area contributed by atoms with Crippen LogP contribution in [0.1, 0.15) is 18.1 Å². The molecular formula is C15H17NO2S. The average molecular weight is 275 g/mol. The van der Waals surface area contributed by atoms with Gasteiger partial charge in [0.2, 0.25) is 10.0 Å². The number of anilines is 1. The Bertz CT molecular complexity index is 619. The van der Waals surface area contributed by atoms with Crippen molar-refractivity contribution >= 4 is 15.7 Å². The Hall–Kier alpha value is -1.81. The molecule has 3 nitrogen and oxygen atoms in total. The fourth-order valence-corrected chi connectivity index (χ4v) is 3.02. The van der Waals surface area contributed by atoms with Crippen molar-refractivity contribution < 1.29 is 8.42 Å². The van der Waals surface area contributed by atoms with Gasteiger partial charge in [-0.1, -0.05) is 49.4 Å². The van der Waals surface area contributed by atoms with Crippen molar-refractivity contribution in [2.75, 3.05) is 4.72 Å². The summed E-state index contributed by atoms with van der Waals surface area (Å²) in [6, 6.07) is 16.6. The highest BCUT2D eigenvalue weighted by atomic mass is 32.2. The molecule has 100 valence electrons. The highest BCUT2D eigenvalue weighted by Crippen LogP contribution is 2.14. The molecule has 0 saturated heterocycles. The number of hydrogen-bond acceptors (Lipinski definition) is 2. The van der Waals surface area contributed by atoms with Gasteiger partial charge in [0.25, 0.3) is 0 Å². The van der Waals surface area contributed by atoms with Crippen LogP contribution in [0.5, 0.6) is 0 Å². The minimum atomic E-state index is -3.36. The molecule has 0 aliphatic rings. The summed E-state index contributed by atoms with van der Waals surface area (Å²) in [5.74, 6) is -0.0105. The van der Waals surface area contributed by atoms with E-state index in [1.54, 1.807) is 24.3 Å². The second-order valence-corrected chi connectivity index (χ2v) is 6.12. The molecule has 0 radical (unpaired) electrons. The van der Waals surface area contributed by atoms with Crippen LogP contribution in [0.25, 0.3) is 0 Å². The number of hydrogen-bond donors (Lipinski definition) is 1. The maximum Gasteiger partial charge on any atom is 0.236 e. The van der Waals surface area contributed by atoms with Gasteiger partial charge in [-0.25, -0.2) is 8.42 Å². The molecule has 0 unspecified atom stereocenters. The van der Waals surface area contributed by atoms with Gasteiger partial charge in [0.05, 0.1) is 5.75 Å². The van der Waals surface area contributed by atoms with Gasteiger partial charge in [-0.15, -0.1) is 0 Å². The van der Waals surface area contributed by atoms with Crippen LogP contribution in [0.4, 0.5) is 5.69 Å². The Morgan fingerprint density at radius 3 is 2.11 bits per heavy atom. The molecule has 0 aliphatic carbocycles. The number of aryl methyl sites for hydroxylation is 1. The molecule has 0 aliphatic heterocycles. The molecular weight excluding hydrogens is 258 g/mol. The van der Waals surface area contributed by atoms with E-state index in [0.717, 1.165) is 12.0 Å². The molecule has 0 amide bonds. The van der Waals surface area contributed by atoms with Crippen LogP contribution in [0.15, 0.2) is 54.6 Å². The van der Waals surface area contributed by atoms with Gasteiger partial charge in [-0.2, -0.15) is 0 Å². The van der Waals surface area contributed by atoms with E-state index in [2.05, 4.69) is 11.6 Å². The van der Waals surface area contributed by atoms with Gasteiger partial charge in [0, 0.05) is 5.69 Å². The van der Waals surface area contributed by atoms with Crippen molar-refractivity contribution in [2.45, 2.75) is 19.1 Å². The fraction of sp³-hybridized carbons (Fsp3) is 0.200. The summed E-state index contributed by atoms with van der Waals surface area (Å²) in [7, 11) is -3.36. The Balaban J connectivity index is 2.08. The van der Waals surface area contributed by atoms with E-state index in [1.807, 2.05) is 30.3 Å². The van der Waals surface area contributed by atoms with Crippen LogP contribution < -0.4 is 4.72 Å². The zero-order valence-electron chi connectivity index (χ0n) is 10.8. The average Bonchev–Trinajstić information content (AvgIpc) is 2.39. The molecule has 2 aromatic carbocycles. The van der Waals surface area contributed by atoms with Gasteiger partial charge >= 0.3 is 0 Å². The summed E-state index contributed by atoms with van der Waals surface area (Å²) in [5.41, 5.74) is 2.57. The lowest BCUT2D eigenvalue weighted by molar-refractivity contribution is 0.600. The minimum Gasteiger partial charge on any atom is -0.283 e. The predicted octanol–water partition coefficient (Wildman–Crippen LogP) is 3.19. The van der Waals surface area contributed by atoms with Gasteiger partial charge in [-0.3, -0.25) is 4.72 Å². The minimum absolute atomic E-state index is 0.0105. The van der Waals surface area contributed by atoms with E-state index in [4.69, 9.17) is 0 Å². The Kier molecular flexibility index (Phi) is 4.22. The highest BCUT2D eigenvalue weighted by Gasteiger charge is 2.11. The molecule has 0 spiro atoms. The first-order valence-corrected chi connectivity index (χ1v) is 7.87. The molecule has 19 heavy (non-hydrogen) atoms. The summed E-state index contributed by atoms with van der Waals surface area (Å²) >= 11 is 0. The lowest BCUT2D eigenvalue weighted by Crippen LogP contribution is -2.14. The van der Waals surface area contributed by atoms with Gasteiger partial charge < -0.3 is 0 Å². The third-order valence-electron chi connectivity index (χ3n) is 2.84. The van der Waals surface area contributed by atoms with Crippen LogP contribution in [0, 0.1) is 0 Å². The third kappa shape index (κ3) is 4.10. The van der Waals surface area contributed by atoms with E-state index in [9.17, 15) is 8.42 Å². The van der Waals surface area contributed by atoms with E-state index in [1.165, 1.54) is 5.56 Å². The second-order valence-electron chi connectivity index (χ2n) is 4.40. The predicted molar refractivity (Wildman–Crippen MR) is 78.5 cm³/mol. The van der Waals surface area contributed by atoms with E-state index in [0.29, 0.717) is 5.69 Å². The largest absolute Gasteiger partial charge is 0.283 e. The van der Waals surface area contributed by atoms with Crippen molar-refractivity contribution in [3.05, 3.63) is 65.7 Å². The smallest absolute Gasteiger partial charge is 0.236 e. The standard InChI is InChI=1S/C15H17NO2S/c1-2-13-8-10-15(11-9-13)16-19(17,18)12-14-6-4-3-5-7-14/h3-11,16H,2,12H2,1H3. The number of benzene rings is 2. The summed E-state index contributed by atoms with van der Waals surface area (Å²) in [4.78, 5) is 0. The lowest BCUT2D eigenvalue weighted by Gasteiger charge is -2.08. The van der Waals surface area contributed by atoms with Crippen LogP contribution >= 0.6 is 0 Å². The molecule has 0 bridgehead atoms. The van der Waals surface area contributed by atoms with Crippen molar-refractivity contribution in [1.82, 2.24) is 0 Å². The Labute approximate surface area is 114 Å². The number of sulfonamides is 1. The maximum absolute atomic E-state index is 12.0. The highest BCUT2D eigenvalue weighted by molar-refractivity contribution is 7.91. The van der Waals surface area contributed by atoms with Gasteiger partial charge in [0.15, 0.2) is 0 Å². The van der Waals surface area contributed by atoms with E-state index in [-0.39, 0.29) is 5.75 Å². The van der Waals surface area contributed by atoms with Crippen LogP contribution in [-0.4, -0.2) is 8.42 Å². The molecule has 0 heterocycles. The van der Waals surface area contributed by atoms with Crippen LogP contribution in [0.2, 0.25) is 0 Å². The summed E-state index contributed by atoms with van der Waals surface area (Å²) < 4.78 is 26.6. The van der Waals surface area contributed by atoms with Crippen LogP contribution in [0.3, 0.4) is 0 Å². The van der Waals surface area contributed by atoms with E-state index >= 15 is 0 Å². The SMILES string of the molecule is CCc1ccc(NS(=O)(=O)Cc2ccccc2)cc1. The third-order valence-corrected chi connectivity index (χ3v) is 4.10. The van der Waals surface area contributed by atoms with Gasteiger partial charge in [0.1, 0.15) is 0 Å². The Morgan fingerprint density at radius 1 is 0.895 bits per heavy atom. The first kappa shape index (κ1) is 13.6. The first-order chi connectivity index (χ1) is 9.09. The van der Waals surface area contributed by atoms with Crippen molar-refractivity contribution in [2.24, 2.45) is 0 Å². The lowest BCUT2D eigenvalue weighted by atomic mass is 10.2. The number of nitrogens with one attached hydrogen (secondary N) is 1. The quantitative estimate of drug-likeness (QED) is 0.911. The summed E-state index contributed by atoms with van der Waals surface area (Å²) in [5, 5.41) is 0. The molecule has 1 N–H and O–H groups in total. The summed E-state index contributed by atoms with van der Waals surface area (Å²) in [6.45, 7) is 2.06. The second kappa shape index (κ2) is 5.89. The molecule has 2 rings (SSSR count). The molecule has 0 atom stereocenters. The zero-order chi connectivity index (χ0) is 13.7. The number of rotatable bonds is 5. The van der Waals surface area contributed by atoms with Crippen molar-refractivity contribution in [3.8, 4) is 0 Å². The maximum atomic E-state index is 12.0. The Morgan fingerprint density at radius 2 is 1.53 bits per heavy atom. The molecule has 0 saturated carbocycles. The normalized spacial score (nSPS) is 11.2. The summed E-state index contributed by atoms with van der Waals surface area (Å²) in [6.07, 6.45) is 0.942. The van der Waals surface area contributed by atoms with Crippen molar-refractivity contribution in [3.63, 3.8) is 0 Å². The van der Waals surface area contributed by atoms with Crippen LogP contribution in [-0.2, 0) is 22.2 Å². The zero-order valence-corrected chi connectivity index (χ0v) is 11.7. The molecule has 0 aromatic heterocycles. The van der Waals surface area contributed by atoms with Crippen molar-refractivity contribution in [1.29, 1.82) is 0 Å². The topological polar surface area (TPSA) is 46.2 Å².